The maximum absolute atomic E-state index is 14.0. The number of hydrogen-bond donors (Lipinski definition) is 1. The van der Waals surface area contributed by atoms with Gasteiger partial charge in [0.2, 0.25) is 5.91 Å². The second kappa shape index (κ2) is 11.2. The van der Waals surface area contributed by atoms with Crippen LogP contribution in [-0.4, -0.2) is 71.4 Å². The number of anilines is 2. The van der Waals surface area contributed by atoms with Crippen LogP contribution in [0.25, 0.3) is 0 Å². The van der Waals surface area contributed by atoms with Crippen molar-refractivity contribution in [3.05, 3.63) is 96.1 Å². The van der Waals surface area contributed by atoms with Gasteiger partial charge >= 0.3 is 6.03 Å². The largest absolute Gasteiger partial charge is 0.340 e. The Morgan fingerprint density at radius 3 is 2.15 bits per heavy atom. The predicted molar refractivity (Wildman–Crippen MR) is 152 cm³/mol. The van der Waals surface area contributed by atoms with Crippen molar-refractivity contribution in [1.82, 2.24) is 14.7 Å². The number of rotatable bonds is 6. The Labute approximate surface area is 229 Å². The molecule has 0 unspecified atom stereocenters. The third-order valence-electron chi connectivity index (χ3n) is 7.78. The zero-order valence-corrected chi connectivity index (χ0v) is 22.5. The molecule has 0 aliphatic carbocycles. The molecular weight excluding hydrogens is 490 g/mol. The van der Waals surface area contributed by atoms with E-state index in [0.29, 0.717) is 39.1 Å². The molecule has 0 atom stereocenters. The van der Waals surface area contributed by atoms with Gasteiger partial charge in [0.25, 0.3) is 5.91 Å². The number of amides is 4. The van der Waals surface area contributed by atoms with Gasteiger partial charge in [0, 0.05) is 38.1 Å². The number of hydrogen-bond acceptors (Lipinski definition) is 4. The van der Waals surface area contributed by atoms with Crippen LogP contribution in [0.3, 0.4) is 0 Å². The van der Waals surface area contributed by atoms with Crippen molar-refractivity contribution in [2.75, 3.05) is 43.6 Å². The van der Waals surface area contributed by atoms with E-state index in [1.165, 1.54) is 0 Å². The number of para-hydroxylation sites is 1. The molecule has 4 amide bonds. The standard InChI is InChI=1S/C31H35N5O3/c1-24-13-15-26(16-14-24)32-30(39)34-19-17-31(18-20-34)29(38)35(23-36(31)27-11-7-4-8-12-27)22-28(37)33(2)21-25-9-5-3-6-10-25/h3-16H,17-23H2,1-2H3,(H,32,39). The topological polar surface area (TPSA) is 76.2 Å². The zero-order valence-electron chi connectivity index (χ0n) is 22.5. The van der Waals surface area contributed by atoms with E-state index in [4.69, 9.17) is 0 Å². The Morgan fingerprint density at radius 1 is 0.897 bits per heavy atom. The SMILES string of the molecule is Cc1ccc(NC(=O)N2CCC3(CC2)C(=O)N(CC(=O)N(C)Cc2ccccc2)CN3c2ccccc2)cc1. The number of nitrogens with zero attached hydrogens (tertiary/aromatic N) is 4. The van der Waals surface area contributed by atoms with E-state index in [1.807, 2.05) is 91.9 Å². The van der Waals surface area contributed by atoms with Crippen LogP contribution in [0.15, 0.2) is 84.9 Å². The van der Waals surface area contributed by atoms with Crippen molar-refractivity contribution in [2.45, 2.75) is 31.8 Å². The highest BCUT2D eigenvalue weighted by Crippen LogP contribution is 2.39. The Hall–Kier alpha value is -4.33. The Bertz CT molecular complexity index is 1310. The molecule has 2 fully saturated rings. The minimum atomic E-state index is -0.791. The fraction of sp³-hybridized carbons (Fsp3) is 0.323. The third-order valence-corrected chi connectivity index (χ3v) is 7.78. The van der Waals surface area contributed by atoms with Gasteiger partial charge < -0.3 is 24.9 Å². The lowest BCUT2D eigenvalue weighted by Crippen LogP contribution is -2.58. The summed E-state index contributed by atoms with van der Waals surface area (Å²) < 4.78 is 0. The van der Waals surface area contributed by atoms with E-state index in [9.17, 15) is 14.4 Å². The molecule has 1 spiro atoms. The van der Waals surface area contributed by atoms with E-state index in [1.54, 1.807) is 21.7 Å². The molecule has 0 bridgehead atoms. The van der Waals surface area contributed by atoms with E-state index in [2.05, 4.69) is 10.2 Å². The highest BCUT2D eigenvalue weighted by Gasteiger charge is 2.54. The van der Waals surface area contributed by atoms with Crippen LogP contribution in [0, 0.1) is 6.92 Å². The van der Waals surface area contributed by atoms with Gasteiger partial charge in [-0.1, -0.05) is 66.2 Å². The van der Waals surface area contributed by atoms with Crippen LogP contribution in [0.4, 0.5) is 16.2 Å². The van der Waals surface area contributed by atoms with Crippen molar-refractivity contribution >= 4 is 29.2 Å². The first-order valence-corrected chi connectivity index (χ1v) is 13.4. The number of likely N-dealkylation sites (tertiary alicyclic amines) is 1. The second-order valence-corrected chi connectivity index (χ2v) is 10.5. The fourth-order valence-corrected chi connectivity index (χ4v) is 5.47. The molecule has 1 N–H and O–H groups in total. The Balaban J connectivity index is 1.29. The molecule has 2 aliphatic heterocycles. The molecule has 2 saturated heterocycles. The monoisotopic (exact) mass is 525 g/mol. The van der Waals surface area contributed by atoms with Crippen molar-refractivity contribution in [3.8, 4) is 0 Å². The number of piperidine rings is 1. The van der Waals surface area contributed by atoms with Gasteiger partial charge in [-0.3, -0.25) is 9.59 Å². The lowest BCUT2D eigenvalue weighted by Gasteiger charge is -2.43. The molecule has 8 nitrogen and oxygen atoms in total. The lowest BCUT2D eigenvalue weighted by atomic mass is 9.85. The van der Waals surface area contributed by atoms with E-state index in [-0.39, 0.29) is 24.4 Å². The predicted octanol–water partition coefficient (Wildman–Crippen LogP) is 4.33. The second-order valence-electron chi connectivity index (χ2n) is 10.5. The first kappa shape index (κ1) is 26.3. The maximum Gasteiger partial charge on any atom is 0.321 e. The van der Waals surface area contributed by atoms with Crippen LogP contribution in [0.1, 0.15) is 24.0 Å². The van der Waals surface area contributed by atoms with Crippen molar-refractivity contribution in [1.29, 1.82) is 0 Å². The van der Waals surface area contributed by atoms with E-state index < -0.39 is 5.54 Å². The number of aryl methyl sites for hydroxylation is 1. The first-order chi connectivity index (χ1) is 18.9. The number of likely N-dealkylation sites (N-methyl/N-ethyl adjacent to an activating group) is 1. The summed E-state index contributed by atoms with van der Waals surface area (Å²) in [6.07, 6.45) is 0.985. The van der Waals surface area contributed by atoms with Crippen molar-refractivity contribution in [3.63, 3.8) is 0 Å². The molecule has 3 aromatic carbocycles. The van der Waals surface area contributed by atoms with Crippen LogP contribution in [0.2, 0.25) is 0 Å². The average Bonchev–Trinajstić information content (AvgIpc) is 3.21. The summed E-state index contributed by atoms with van der Waals surface area (Å²) in [6.45, 7) is 3.74. The maximum atomic E-state index is 14.0. The minimum absolute atomic E-state index is 0.0187. The molecule has 39 heavy (non-hydrogen) atoms. The fourth-order valence-electron chi connectivity index (χ4n) is 5.47. The first-order valence-electron chi connectivity index (χ1n) is 13.4. The number of nitrogens with one attached hydrogen (secondary N) is 1. The Kier molecular flexibility index (Phi) is 7.54. The summed E-state index contributed by atoms with van der Waals surface area (Å²) in [5, 5.41) is 2.97. The molecule has 2 heterocycles. The summed E-state index contributed by atoms with van der Waals surface area (Å²) >= 11 is 0. The molecule has 2 aliphatic rings. The number of carbonyl (C=O) groups is 3. The van der Waals surface area contributed by atoms with Gasteiger partial charge in [0.05, 0.1) is 6.67 Å². The molecule has 202 valence electrons. The van der Waals surface area contributed by atoms with Gasteiger partial charge in [0.15, 0.2) is 0 Å². The summed E-state index contributed by atoms with van der Waals surface area (Å²) in [4.78, 5) is 47.3. The number of urea groups is 1. The van der Waals surface area contributed by atoms with Gasteiger partial charge in [-0.05, 0) is 49.6 Å². The summed E-state index contributed by atoms with van der Waals surface area (Å²) in [5.41, 5.74) is 3.07. The van der Waals surface area contributed by atoms with Crippen molar-refractivity contribution in [2.24, 2.45) is 0 Å². The van der Waals surface area contributed by atoms with Gasteiger partial charge in [-0.15, -0.1) is 0 Å². The molecule has 8 heteroatoms. The van der Waals surface area contributed by atoms with Gasteiger partial charge in [0.1, 0.15) is 12.1 Å². The summed E-state index contributed by atoms with van der Waals surface area (Å²) in [6, 6.07) is 27.2. The summed E-state index contributed by atoms with van der Waals surface area (Å²) in [5.74, 6) is -0.154. The zero-order chi connectivity index (χ0) is 27.4. The number of carbonyl (C=O) groups excluding carboxylic acids is 3. The molecule has 3 aromatic rings. The van der Waals surface area contributed by atoms with E-state index in [0.717, 1.165) is 22.5 Å². The van der Waals surface area contributed by atoms with Crippen LogP contribution in [-0.2, 0) is 16.1 Å². The Morgan fingerprint density at radius 2 is 1.51 bits per heavy atom. The van der Waals surface area contributed by atoms with Crippen LogP contribution >= 0.6 is 0 Å². The highest BCUT2D eigenvalue weighted by molar-refractivity contribution is 5.97. The molecule has 0 radical (unpaired) electrons. The molecule has 0 aromatic heterocycles. The normalized spacial score (nSPS) is 16.5. The quantitative estimate of drug-likeness (QED) is 0.520. The smallest absolute Gasteiger partial charge is 0.321 e. The van der Waals surface area contributed by atoms with Gasteiger partial charge in [-0.2, -0.15) is 0 Å². The lowest BCUT2D eigenvalue weighted by molar-refractivity contribution is -0.140. The highest BCUT2D eigenvalue weighted by atomic mass is 16.2. The molecule has 5 rings (SSSR count). The van der Waals surface area contributed by atoms with Crippen molar-refractivity contribution < 1.29 is 14.4 Å². The number of benzene rings is 3. The summed E-state index contributed by atoms with van der Waals surface area (Å²) in [7, 11) is 1.77. The molecule has 0 saturated carbocycles. The third kappa shape index (κ3) is 5.60. The van der Waals surface area contributed by atoms with Gasteiger partial charge in [-0.25, -0.2) is 4.79 Å². The average molecular weight is 526 g/mol. The molecular formula is C31H35N5O3. The van der Waals surface area contributed by atoms with Crippen LogP contribution in [0.5, 0.6) is 0 Å². The minimum Gasteiger partial charge on any atom is -0.340 e. The van der Waals surface area contributed by atoms with Crippen LogP contribution < -0.4 is 10.2 Å². The van der Waals surface area contributed by atoms with E-state index >= 15 is 0 Å².